The van der Waals surface area contributed by atoms with Crippen molar-refractivity contribution in [2.24, 2.45) is 0 Å². The van der Waals surface area contributed by atoms with Crippen molar-refractivity contribution < 1.29 is 17.7 Å². The fourth-order valence-electron chi connectivity index (χ4n) is 1.35. The molecule has 0 N–H and O–H groups in total. The zero-order valence-corrected chi connectivity index (χ0v) is 13.0. The van der Waals surface area contributed by atoms with Gasteiger partial charge < -0.3 is 9.26 Å². The molecule has 0 atom stereocenters. The van der Waals surface area contributed by atoms with Gasteiger partial charge in [-0.2, -0.15) is 4.98 Å². The second kappa shape index (κ2) is 5.77. The molecule has 2 rings (SSSR count). The van der Waals surface area contributed by atoms with Gasteiger partial charge in [-0.25, -0.2) is 8.42 Å². The predicted molar refractivity (Wildman–Crippen MR) is 72.9 cm³/mol. The Morgan fingerprint density at radius 2 is 2.00 bits per heavy atom. The van der Waals surface area contributed by atoms with E-state index < -0.39 is 9.05 Å². The van der Waals surface area contributed by atoms with Crippen LogP contribution in [-0.4, -0.2) is 18.6 Å². The van der Waals surface area contributed by atoms with Gasteiger partial charge in [-0.1, -0.05) is 28.4 Å². The average Bonchev–Trinajstić information content (AvgIpc) is 2.74. The maximum Gasteiger partial charge on any atom is 0.264 e. The molecule has 1 aromatic heterocycles. The molecule has 20 heavy (non-hydrogen) atoms. The lowest BCUT2D eigenvalue weighted by Gasteiger charge is -2.08. The lowest BCUT2D eigenvalue weighted by molar-refractivity contribution is 0.242. The van der Waals surface area contributed by atoms with Gasteiger partial charge in [0.05, 0.1) is 10.0 Å². The first-order valence-corrected chi connectivity index (χ1v) is 8.19. The lowest BCUT2D eigenvalue weighted by Crippen LogP contribution is -1.98. The highest BCUT2D eigenvalue weighted by molar-refractivity contribution is 8.13. The summed E-state index contributed by atoms with van der Waals surface area (Å²) >= 11 is 11.7. The predicted octanol–water partition coefficient (Wildman–Crippen LogP) is 3.19. The van der Waals surface area contributed by atoms with Crippen LogP contribution in [0.25, 0.3) is 0 Å². The molecule has 2 aromatic rings. The van der Waals surface area contributed by atoms with E-state index in [-0.39, 0.29) is 33.2 Å². The number of ether oxygens (including phenoxy) is 1. The Hall–Kier alpha value is -1.02. The molecule has 0 fully saturated rings. The maximum atomic E-state index is 11.2. The molecular formula is C10H7Cl3N2O4S. The monoisotopic (exact) mass is 356 g/mol. The number of hydrogen-bond acceptors (Lipinski definition) is 6. The van der Waals surface area contributed by atoms with Gasteiger partial charge in [-0.3, -0.25) is 0 Å². The van der Waals surface area contributed by atoms with Crippen molar-refractivity contribution in [3.63, 3.8) is 0 Å². The summed E-state index contributed by atoms with van der Waals surface area (Å²) in [6.45, 7) is 1.64. The first-order valence-electron chi connectivity index (χ1n) is 5.13. The first-order chi connectivity index (χ1) is 9.27. The summed E-state index contributed by atoms with van der Waals surface area (Å²) in [4.78, 5) is 3.65. The third kappa shape index (κ3) is 3.54. The van der Waals surface area contributed by atoms with Gasteiger partial charge in [0.15, 0.2) is 12.4 Å². The minimum atomic E-state index is -3.98. The number of hydrogen-bond donors (Lipinski definition) is 0. The summed E-state index contributed by atoms with van der Waals surface area (Å²) in [6, 6.07) is 2.36. The van der Waals surface area contributed by atoms with Crippen molar-refractivity contribution in [2.45, 2.75) is 18.4 Å². The minimum Gasteiger partial charge on any atom is -0.482 e. The van der Waals surface area contributed by atoms with Gasteiger partial charge >= 0.3 is 0 Å². The Bertz CT molecular complexity index is 745. The number of rotatable bonds is 4. The Morgan fingerprint density at radius 3 is 2.55 bits per heavy atom. The van der Waals surface area contributed by atoms with Crippen molar-refractivity contribution >= 4 is 42.9 Å². The standard InChI is InChI=1S/C10H7Cl3N2O4S/c1-5-14-10(19-15-5)4-18-8-2-7(12)9(3-6(8)11)20(13,16)17/h2-3H,4H2,1H3. The van der Waals surface area contributed by atoms with Crippen LogP contribution in [0.2, 0.25) is 10.0 Å². The maximum absolute atomic E-state index is 11.2. The smallest absolute Gasteiger partial charge is 0.264 e. The topological polar surface area (TPSA) is 82.3 Å². The average molecular weight is 358 g/mol. The molecule has 1 heterocycles. The van der Waals surface area contributed by atoms with Gasteiger partial charge in [0.1, 0.15) is 10.6 Å². The van der Waals surface area contributed by atoms with Crippen molar-refractivity contribution in [2.75, 3.05) is 0 Å². The minimum absolute atomic E-state index is 0.0239. The molecule has 0 radical (unpaired) electrons. The Labute approximate surface area is 129 Å². The number of benzene rings is 1. The molecule has 0 amide bonds. The van der Waals surface area contributed by atoms with Crippen LogP contribution in [0.1, 0.15) is 11.7 Å². The number of aryl methyl sites for hydroxylation is 1. The molecule has 0 aliphatic carbocycles. The Balaban J connectivity index is 2.23. The van der Waals surface area contributed by atoms with E-state index in [4.69, 9.17) is 43.1 Å². The van der Waals surface area contributed by atoms with Crippen molar-refractivity contribution in [3.05, 3.63) is 33.9 Å². The van der Waals surface area contributed by atoms with Crippen LogP contribution in [0.3, 0.4) is 0 Å². The zero-order chi connectivity index (χ0) is 14.9. The number of nitrogens with zero attached hydrogens (tertiary/aromatic N) is 2. The van der Waals surface area contributed by atoms with Crippen LogP contribution in [0.5, 0.6) is 5.75 Å². The highest BCUT2D eigenvalue weighted by atomic mass is 35.7. The van der Waals surface area contributed by atoms with Gasteiger partial charge in [-0.05, 0) is 13.0 Å². The summed E-state index contributed by atoms with van der Waals surface area (Å²) in [7, 11) is 1.24. The van der Waals surface area contributed by atoms with Crippen molar-refractivity contribution in [1.29, 1.82) is 0 Å². The van der Waals surface area contributed by atoms with E-state index in [1.165, 1.54) is 6.07 Å². The van der Waals surface area contributed by atoms with Crippen LogP contribution in [0.15, 0.2) is 21.6 Å². The molecule has 10 heteroatoms. The molecule has 0 saturated heterocycles. The summed E-state index contributed by atoms with van der Waals surface area (Å²) in [5, 5.41) is 3.54. The van der Waals surface area contributed by atoms with Crippen molar-refractivity contribution in [3.8, 4) is 5.75 Å². The fraction of sp³-hybridized carbons (Fsp3) is 0.200. The number of aromatic nitrogens is 2. The van der Waals surface area contributed by atoms with E-state index in [9.17, 15) is 8.42 Å². The van der Waals surface area contributed by atoms with Crippen LogP contribution in [0.4, 0.5) is 0 Å². The molecule has 108 valence electrons. The largest absolute Gasteiger partial charge is 0.482 e. The molecule has 0 bridgehead atoms. The van der Waals surface area contributed by atoms with Crippen LogP contribution >= 0.6 is 33.9 Å². The van der Waals surface area contributed by atoms with E-state index >= 15 is 0 Å². The van der Waals surface area contributed by atoms with Crippen LogP contribution in [0, 0.1) is 6.92 Å². The van der Waals surface area contributed by atoms with E-state index in [1.54, 1.807) is 6.92 Å². The number of halogens is 3. The molecule has 6 nitrogen and oxygen atoms in total. The highest BCUT2D eigenvalue weighted by Gasteiger charge is 2.18. The third-order valence-electron chi connectivity index (χ3n) is 2.17. The molecule has 0 spiro atoms. The summed E-state index contributed by atoms with van der Waals surface area (Å²) < 4.78 is 32.7. The van der Waals surface area contributed by atoms with E-state index in [2.05, 4.69) is 10.1 Å². The second-order valence-electron chi connectivity index (χ2n) is 3.67. The van der Waals surface area contributed by atoms with E-state index in [0.717, 1.165) is 6.07 Å². The lowest BCUT2D eigenvalue weighted by atomic mass is 10.3. The Kier molecular flexibility index (Phi) is 4.43. The normalized spacial score (nSPS) is 11.6. The van der Waals surface area contributed by atoms with Crippen LogP contribution in [-0.2, 0) is 15.7 Å². The summed E-state index contributed by atoms with van der Waals surface area (Å²) in [5.74, 6) is 0.900. The fourth-order valence-corrected chi connectivity index (χ4v) is 3.14. The summed E-state index contributed by atoms with van der Waals surface area (Å²) in [6.07, 6.45) is 0. The second-order valence-corrected chi connectivity index (χ2v) is 7.02. The quantitative estimate of drug-likeness (QED) is 0.782. The van der Waals surface area contributed by atoms with Gasteiger partial charge in [0.2, 0.25) is 0 Å². The molecule has 0 saturated carbocycles. The molecule has 0 aliphatic rings. The third-order valence-corrected chi connectivity index (χ3v) is 4.25. The molecular weight excluding hydrogens is 351 g/mol. The SMILES string of the molecule is Cc1noc(COc2cc(Cl)c(S(=O)(=O)Cl)cc2Cl)n1. The first kappa shape index (κ1) is 15.4. The zero-order valence-electron chi connectivity index (χ0n) is 9.93. The van der Waals surface area contributed by atoms with Crippen molar-refractivity contribution in [1.82, 2.24) is 10.1 Å². The van der Waals surface area contributed by atoms with Gasteiger partial charge in [0.25, 0.3) is 14.9 Å². The van der Waals surface area contributed by atoms with E-state index in [1.807, 2.05) is 0 Å². The molecule has 0 aliphatic heterocycles. The van der Waals surface area contributed by atoms with E-state index in [0.29, 0.717) is 5.82 Å². The summed E-state index contributed by atoms with van der Waals surface area (Å²) in [5.41, 5.74) is 0. The Morgan fingerprint density at radius 1 is 1.30 bits per heavy atom. The van der Waals surface area contributed by atoms with Crippen LogP contribution < -0.4 is 4.74 Å². The highest BCUT2D eigenvalue weighted by Crippen LogP contribution is 2.35. The van der Waals surface area contributed by atoms with Gasteiger partial charge in [-0.15, -0.1) is 0 Å². The molecule has 1 aromatic carbocycles. The molecule has 0 unspecified atom stereocenters. The van der Waals surface area contributed by atoms with Gasteiger partial charge in [0, 0.05) is 16.7 Å².